The van der Waals surface area contributed by atoms with E-state index in [9.17, 15) is 13.6 Å². The minimum absolute atomic E-state index is 0.0459. The number of hydrazone groups is 1. The summed E-state index contributed by atoms with van der Waals surface area (Å²) in [4.78, 5) is 11.8. The van der Waals surface area contributed by atoms with Crippen LogP contribution in [0.4, 0.5) is 14.5 Å². The first-order valence-electron chi connectivity index (χ1n) is 7.74. The summed E-state index contributed by atoms with van der Waals surface area (Å²) in [6.45, 7) is -1.13. The molecule has 138 valence electrons. The maximum Gasteiger partial charge on any atom is 0.387 e. The molecule has 0 aliphatic carbocycles. The van der Waals surface area contributed by atoms with E-state index in [1.54, 1.807) is 50.4 Å². The van der Waals surface area contributed by atoms with Crippen molar-refractivity contribution in [2.24, 2.45) is 5.10 Å². The molecule has 0 spiro atoms. The fourth-order valence-corrected chi connectivity index (χ4v) is 2.02. The molecule has 1 amide bonds. The molecule has 0 aromatic heterocycles. The maximum absolute atomic E-state index is 12.1. The topological polar surface area (TPSA) is 72.0 Å². The lowest BCUT2D eigenvalue weighted by Crippen LogP contribution is -2.26. The molecule has 8 heteroatoms. The molecule has 2 rings (SSSR count). The van der Waals surface area contributed by atoms with Crippen molar-refractivity contribution >= 4 is 17.3 Å². The SMILES string of the molecule is COc1ccc(NCC(=O)NN=C(C)c2ccc(OC(F)F)cc2)cc1. The molecule has 0 bridgehead atoms. The van der Waals surface area contributed by atoms with Crippen LogP contribution in [0.5, 0.6) is 11.5 Å². The minimum atomic E-state index is -2.87. The number of benzene rings is 2. The summed E-state index contributed by atoms with van der Waals surface area (Å²) in [7, 11) is 1.58. The second-order valence-corrected chi connectivity index (χ2v) is 5.22. The molecular formula is C18H19F2N3O3. The molecule has 0 aliphatic heterocycles. The average Bonchev–Trinajstić information content (AvgIpc) is 2.65. The molecule has 2 N–H and O–H groups in total. The third-order valence-corrected chi connectivity index (χ3v) is 3.39. The molecular weight excluding hydrogens is 344 g/mol. The summed E-state index contributed by atoms with van der Waals surface area (Å²) < 4.78 is 33.6. The average molecular weight is 363 g/mol. The Morgan fingerprint density at radius 2 is 1.69 bits per heavy atom. The van der Waals surface area contributed by atoms with Crippen LogP contribution in [0.1, 0.15) is 12.5 Å². The quantitative estimate of drug-likeness (QED) is 0.558. The highest BCUT2D eigenvalue weighted by molar-refractivity contribution is 5.99. The van der Waals surface area contributed by atoms with Gasteiger partial charge >= 0.3 is 6.61 Å². The first kappa shape index (κ1) is 19.2. The highest BCUT2D eigenvalue weighted by atomic mass is 19.3. The number of anilines is 1. The van der Waals surface area contributed by atoms with Gasteiger partial charge in [0.2, 0.25) is 0 Å². The van der Waals surface area contributed by atoms with E-state index in [1.165, 1.54) is 12.1 Å². The summed E-state index contributed by atoms with van der Waals surface area (Å²) in [6, 6.07) is 13.1. The van der Waals surface area contributed by atoms with Crippen molar-refractivity contribution in [2.75, 3.05) is 19.0 Å². The number of nitrogens with zero attached hydrogens (tertiary/aromatic N) is 1. The van der Waals surface area contributed by atoms with Gasteiger partial charge in [0, 0.05) is 5.69 Å². The fraction of sp³-hybridized carbons (Fsp3) is 0.222. The van der Waals surface area contributed by atoms with Crippen molar-refractivity contribution in [3.8, 4) is 11.5 Å². The maximum atomic E-state index is 12.1. The fourth-order valence-electron chi connectivity index (χ4n) is 2.02. The van der Waals surface area contributed by atoms with Crippen LogP contribution in [0.3, 0.4) is 0 Å². The molecule has 0 radical (unpaired) electrons. The molecule has 2 aromatic rings. The number of carbonyl (C=O) groups is 1. The Labute approximate surface area is 149 Å². The van der Waals surface area contributed by atoms with Crippen LogP contribution in [0.2, 0.25) is 0 Å². The summed E-state index contributed by atoms with van der Waals surface area (Å²) >= 11 is 0. The highest BCUT2D eigenvalue weighted by Crippen LogP contribution is 2.16. The summed E-state index contributed by atoms with van der Waals surface area (Å²) in [6.07, 6.45) is 0. The van der Waals surface area contributed by atoms with E-state index in [0.29, 0.717) is 11.3 Å². The molecule has 0 fully saturated rings. The summed E-state index contributed by atoms with van der Waals surface area (Å²) in [5.74, 6) is 0.465. The van der Waals surface area contributed by atoms with Crippen molar-refractivity contribution in [3.05, 3.63) is 54.1 Å². The number of alkyl halides is 2. The molecule has 0 aliphatic rings. The largest absolute Gasteiger partial charge is 0.497 e. The van der Waals surface area contributed by atoms with Gasteiger partial charge in [-0.2, -0.15) is 13.9 Å². The van der Waals surface area contributed by atoms with Gasteiger partial charge in [0.15, 0.2) is 0 Å². The smallest absolute Gasteiger partial charge is 0.387 e. The third kappa shape index (κ3) is 6.04. The van der Waals surface area contributed by atoms with E-state index < -0.39 is 6.61 Å². The van der Waals surface area contributed by atoms with E-state index in [1.807, 2.05) is 0 Å². The summed E-state index contributed by atoms with van der Waals surface area (Å²) in [5, 5.41) is 6.95. The van der Waals surface area contributed by atoms with Gasteiger partial charge in [-0.1, -0.05) is 0 Å². The van der Waals surface area contributed by atoms with E-state index in [-0.39, 0.29) is 18.2 Å². The van der Waals surface area contributed by atoms with Crippen LogP contribution in [0.25, 0.3) is 0 Å². The normalized spacial score (nSPS) is 11.2. The van der Waals surface area contributed by atoms with Crippen molar-refractivity contribution in [2.45, 2.75) is 13.5 Å². The van der Waals surface area contributed by atoms with Crippen molar-refractivity contribution in [1.29, 1.82) is 0 Å². The molecule has 0 saturated heterocycles. The first-order chi connectivity index (χ1) is 12.5. The van der Waals surface area contributed by atoms with Gasteiger partial charge in [-0.15, -0.1) is 0 Å². The zero-order chi connectivity index (χ0) is 18.9. The van der Waals surface area contributed by atoms with Gasteiger partial charge in [-0.3, -0.25) is 4.79 Å². The number of ether oxygens (including phenoxy) is 2. The lowest BCUT2D eigenvalue weighted by atomic mass is 10.1. The zero-order valence-electron chi connectivity index (χ0n) is 14.3. The molecule has 0 saturated carbocycles. The van der Waals surface area contributed by atoms with Crippen LogP contribution < -0.4 is 20.2 Å². The molecule has 0 atom stereocenters. The molecule has 26 heavy (non-hydrogen) atoms. The van der Waals surface area contributed by atoms with Gasteiger partial charge < -0.3 is 14.8 Å². The van der Waals surface area contributed by atoms with E-state index >= 15 is 0 Å². The number of hydrogen-bond acceptors (Lipinski definition) is 5. The van der Waals surface area contributed by atoms with Crippen molar-refractivity contribution < 1.29 is 23.0 Å². The lowest BCUT2D eigenvalue weighted by Gasteiger charge is -2.08. The Kier molecular flexibility index (Phi) is 6.90. The lowest BCUT2D eigenvalue weighted by molar-refractivity contribution is -0.119. The number of nitrogens with one attached hydrogen (secondary N) is 2. The molecule has 0 unspecified atom stereocenters. The van der Waals surface area contributed by atoms with E-state index in [2.05, 4.69) is 20.6 Å². The standard InChI is InChI=1S/C18H19F2N3O3/c1-12(13-3-7-16(8-4-13)26-18(19)20)22-23-17(24)11-21-14-5-9-15(25-2)10-6-14/h3-10,18,21H,11H2,1-2H3,(H,23,24). The van der Waals surface area contributed by atoms with Crippen LogP contribution in [-0.4, -0.2) is 31.9 Å². The number of hydrogen-bond donors (Lipinski definition) is 2. The second-order valence-electron chi connectivity index (χ2n) is 5.22. The number of amides is 1. The van der Waals surface area contributed by atoms with Gasteiger partial charge in [0.25, 0.3) is 5.91 Å². The van der Waals surface area contributed by atoms with Gasteiger partial charge in [0.1, 0.15) is 11.5 Å². The Hall–Kier alpha value is -3.16. The third-order valence-electron chi connectivity index (χ3n) is 3.39. The van der Waals surface area contributed by atoms with Crippen molar-refractivity contribution in [1.82, 2.24) is 5.43 Å². The number of methoxy groups -OCH3 is 1. The van der Waals surface area contributed by atoms with Crippen LogP contribution in [-0.2, 0) is 4.79 Å². The van der Waals surface area contributed by atoms with Gasteiger partial charge in [-0.05, 0) is 61.0 Å². The highest BCUT2D eigenvalue weighted by Gasteiger charge is 2.05. The van der Waals surface area contributed by atoms with Gasteiger partial charge in [-0.25, -0.2) is 5.43 Å². The first-order valence-corrected chi connectivity index (χ1v) is 7.74. The predicted octanol–water partition coefficient (Wildman–Crippen LogP) is 3.25. The minimum Gasteiger partial charge on any atom is -0.497 e. The number of rotatable bonds is 8. The van der Waals surface area contributed by atoms with E-state index in [0.717, 1.165) is 11.4 Å². The Morgan fingerprint density at radius 3 is 2.27 bits per heavy atom. The number of carbonyl (C=O) groups excluding carboxylic acids is 1. The van der Waals surface area contributed by atoms with Crippen LogP contribution in [0.15, 0.2) is 53.6 Å². The van der Waals surface area contributed by atoms with E-state index in [4.69, 9.17) is 4.74 Å². The van der Waals surface area contributed by atoms with Crippen molar-refractivity contribution in [3.63, 3.8) is 0 Å². The Bertz CT molecular complexity index is 747. The molecule has 6 nitrogen and oxygen atoms in total. The monoisotopic (exact) mass is 363 g/mol. The zero-order valence-corrected chi connectivity index (χ0v) is 14.3. The second kappa shape index (κ2) is 9.36. The van der Waals surface area contributed by atoms with Gasteiger partial charge in [0.05, 0.1) is 19.4 Å². The Balaban J connectivity index is 1.84. The molecule has 2 aromatic carbocycles. The summed E-state index contributed by atoms with van der Waals surface area (Å²) in [5.41, 5.74) is 4.42. The predicted molar refractivity (Wildman–Crippen MR) is 94.9 cm³/mol. The van der Waals surface area contributed by atoms with Crippen LogP contribution in [0, 0.1) is 0 Å². The molecule has 0 heterocycles. The Morgan fingerprint density at radius 1 is 1.08 bits per heavy atom. The number of halogens is 2. The van der Waals surface area contributed by atoms with Crippen LogP contribution >= 0.6 is 0 Å².